The summed E-state index contributed by atoms with van der Waals surface area (Å²) >= 11 is 3.26. The summed E-state index contributed by atoms with van der Waals surface area (Å²) in [5, 5.41) is 13.7. The number of ether oxygens (including phenoxy) is 2. The lowest BCUT2D eigenvalue weighted by atomic mass is 10.1. The third-order valence-corrected chi connectivity index (χ3v) is 4.12. The number of benzene rings is 2. The Balaban J connectivity index is 1.68. The lowest BCUT2D eigenvalue weighted by molar-refractivity contribution is -0.384. The first kappa shape index (κ1) is 16.3. The van der Waals surface area contributed by atoms with Crippen LogP contribution in [0.3, 0.4) is 0 Å². The van der Waals surface area contributed by atoms with Crippen LogP contribution in [0.2, 0.25) is 0 Å². The van der Waals surface area contributed by atoms with Gasteiger partial charge in [-0.25, -0.2) is 0 Å². The molecule has 0 spiro atoms. The predicted molar refractivity (Wildman–Crippen MR) is 91.0 cm³/mol. The van der Waals surface area contributed by atoms with Gasteiger partial charge in [-0.1, -0.05) is 0 Å². The number of fused-ring (bicyclic) bond motifs is 1. The number of rotatable bonds is 5. The van der Waals surface area contributed by atoms with Crippen molar-refractivity contribution in [3.63, 3.8) is 0 Å². The number of anilines is 1. The van der Waals surface area contributed by atoms with Crippen molar-refractivity contribution >= 4 is 33.1 Å². The van der Waals surface area contributed by atoms with Gasteiger partial charge in [0.2, 0.25) is 0 Å². The number of nitro groups is 1. The molecule has 1 aliphatic rings. The molecule has 0 saturated heterocycles. The maximum Gasteiger partial charge on any atom is 0.270 e. The molecule has 124 valence electrons. The molecular formula is C16H13BrN2O5. The fraction of sp³-hybridized carbons (Fsp3) is 0.188. The average Bonchev–Trinajstić information content (AvgIpc) is 2.59. The Hall–Kier alpha value is -2.61. The van der Waals surface area contributed by atoms with Gasteiger partial charge in [-0.15, -0.1) is 0 Å². The van der Waals surface area contributed by atoms with Crippen molar-refractivity contribution in [2.45, 2.75) is 0 Å². The number of halogens is 1. The van der Waals surface area contributed by atoms with Gasteiger partial charge >= 0.3 is 0 Å². The van der Waals surface area contributed by atoms with Crippen molar-refractivity contribution in [1.29, 1.82) is 0 Å². The third kappa shape index (κ3) is 3.48. The highest BCUT2D eigenvalue weighted by molar-refractivity contribution is 9.10. The maximum atomic E-state index is 12.3. The Bertz CT molecular complexity index is 809. The number of ketones is 1. The standard InChI is InChI=1S/C16H13BrN2O5/c17-12-8-11(19(21)22)2-3-13(12)18-9-14(20)10-1-4-15-16(7-10)24-6-5-23-15/h1-4,7-8,18H,5-6,9H2. The van der Waals surface area contributed by atoms with Gasteiger partial charge in [0.15, 0.2) is 17.3 Å². The Morgan fingerprint density at radius 3 is 2.62 bits per heavy atom. The van der Waals surface area contributed by atoms with Crippen LogP contribution in [0.5, 0.6) is 11.5 Å². The largest absolute Gasteiger partial charge is 0.486 e. The van der Waals surface area contributed by atoms with Gasteiger partial charge in [0.05, 0.1) is 11.5 Å². The van der Waals surface area contributed by atoms with Crippen LogP contribution in [0.1, 0.15) is 10.4 Å². The number of nitrogens with one attached hydrogen (secondary N) is 1. The van der Waals surface area contributed by atoms with Crippen molar-refractivity contribution in [3.8, 4) is 11.5 Å². The average molecular weight is 393 g/mol. The molecule has 0 radical (unpaired) electrons. The second-order valence-corrected chi connectivity index (χ2v) is 5.91. The molecule has 2 aromatic carbocycles. The van der Waals surface area contributed by atoms with Gasteiger partial charge in [0.1, 0.15) is 13.2 Å². The second-order valence-electron chi connectivity index (χ2n) is 5.06. The first-order valence-electron chi connectivity index (χ1n) is 7.15. The van der Waals surface area contributed by atoms with Crippen LogP contribution in [-0.2, 0) is 0 Å². The van der Waals surface area contributed by atoms with E-state index in [1.807, 2.05) is 0 Å². The summed E-state index contributed by atoms with van der Waals surface area (Å²) in [6.07, 6.45) is 0. The lowest BCUT2D eigenvalue weighted by Gasteiger charge is -2.18. The molecule has 1 aliphatic heterocycles. The summed E-state index contributed by atoms with van der Waals surface area (Å²) < 4.78 is 11.4. The lowest BCUT2D eigenvalue weighted by Crippen LogP contribution is -2.17. The summed E-state index contributed by atoms with van der Waals surface area (Å²) in [7, 11) is 0. The molecule has 0 fully saturated rings. The van der Waals surface area contributed by atoms with Crippen molar-refractivity contribution in [1.82, 2.24) is 0 Å². The van der Waals surface area contributed by atoms with E-state index in [9.17, 15) is 14.9 Å². The molecule has 24 heavy (non-hydrogen) atoms. The first-order valence-corrected chi connectivity index (χ1v) is 7.94. The molecule has 1 heterocycles. The molecule has 2 aromatic rings. The molecule has 1 N–H and O–H groups in total. The zero-order valence-electron chi connectivity index (χ0n) is 12.5. The highest BCUT2D eigenvalue weighted by Crippen LogP contribution is 2.31. The van der Waals surface area contributed by atoms with Gasteiger partial charge in [0, 0.05) is 27.9 Å². The second kappa shape index (κ2) is 6.88. The van der Waals surface area contributed by atoms with E-state index in [1.165, 1.54) is 12.1 Å². The van der Waals surface area contributed by atoms with E-state index in [0.717, 1.165) is 0 Å². The van der Waals surface area contributed by atoms with E-state index in [4.69, 9.17) is 9.47 Å². The van der Waals surface area contributed by atoms with Crippen molar-refractivity contribution in [2.75, 3.05) is 25.1 Å². The van der Waals surface area contributed by atoms with Crippen LogP contribution < -0.4 is 14.8 Å². The molecule has 3 rings (SSSR count). The van der Waals surface area contributed by atoms with Crippen LogP contribution in [0, 0.1) is 10.1 Å². The minimum Gasteiger partial charge on any atom is -0.486 e. The van der Waals surface area contributed by atoms with Gasteiger partial charge in [-0.3, -0.25) is 14.9 Å². The third-order valence-electron chi connectivity index (χ3n) is 3.47. The number of nitrogens with zero attached hydrogens (tertiary/aromatic N) is 1. The minimum atomic E-state index is -0.477. The number of nitro benzene ring substituents is 1. The van der Waals surface area contributed by atoms with Crippen molar-refractivity contribution < 1.29 is 19.2 Å². The van der Waals surface area contributed by atoms with Gasteiger partial charge in [-0.2, -0.15) is 0 Å². The number of non-ortho nitro benzene ring substituents is 1. The summed E-state index contributed by atoms with van der Waals surface area (Å²) in [5.41, 5.74) is 1.09. The zero-order chi connectivity index (χ0) is 17.1. The summed E-state index contributed by atoms with van der Waals surface area (Å²) in [5.74, 6) is 1.06. The van der Waals surface area contributed by atoms with Gasteiger partial charge in [0.25, 0.3) is 5.69 Å². The molecule has 7 nitrogen and oxygen atoms in total. The number of carbonyl (C=O) groups excluding carboxylic acids is 1. The quantitative estimate of drug-likeness (QED) is 0.476. The van der Waals surface area contributed by atoms with Crippen LogP contribution in [0.15, 0.2) is 40.9 Å². The van der Waals surface area contributed by atoms with E-state index < -0.39 is 4.92 Å². The molecule has 0 atom stereocenters. The fourth-order valence-electron chi connectivity index (χ4n) is 2.26. The summed E-state index contributed by atoms with van der Waals surface area (Å²) in [6, 6.07) is 9.37. The molecule has 0 bridgehead atoms. The van der Waals surface area contributed by atoms with Crippen LogP contribution in [0.4, 0.5) is 11.4 Å². The normalized spacial score (nSPS) is 12.5. The van der Waals surface area contributed by atoms with E-state index in [0.29, 0.717) is 40.4 Å². The number of hydrogen-bond donors (Lipinski definition) is 1. The fourth-order valence-corrected chi connectivity index (χ4v) is 2.76. The van der Waals surface area contributed by atoms with Crippen molar-refractivity contribution in [3.05, 3.63) is 56.5 Å². The Morgan fingerprint density at radius 1 is 1.17 bits per heavy atom. The molecule has 8 heteroatoms. The smallest absolute Gasteiger partial charge is 0.270 e. The van der Waals surface area contributed by atoms with E-state index >= 15 is 0 Å². The maximum absolute atomic E-state index is 12.3. The highest BCUT2D eigenvalue weighted by atomic mass is 79.9. The Kier molecular flexibility index (Phi) is 4.66. The molecule has 0 aliphatic carbocycles. The predicted octanol–water partition coefficient (Wildman–Crippen LogP) is 3.42. The molecule has 0 saturated carbocycles. The summed E-state index contributed by atoms with van der Waals surface area (Å²) in [4.78, 5) is 22.6. The number of hydrogen-bond acceptors (Lipinski definition) is 6. The van der Waals surface area contributed by atoms with Gasteiger partial charge in [-0.05, 0) is 40.2 Å². The SMILES string of the molecule is O=C(CNc1ccc([N+](=O)[O-])cc1Br)c1ccc2c(c1)OCCO2. The molecule has 0 unspecified atom stereocenters. The molecule has 0 aromatic heterocycles. The van der Waals surface area contributed by atoms with E-state index in [-0.39, 0.29) is 18.0 Å². The zero-order valence-corrected chi connectivity index (χ0v) is 14.0. The van der Waals surface area contributed by atoms with Crippen molar-refractivity contribution in [2.24, 2.45) is 0 Å². The van der Waals surface area contributed by atoms with Crippen LogP contribution in [0.25, 0.3) is 0 Å². The number of carbonyl (C=O) groups is 1. The Morgan fingerprint density at radius 2 is 1.92 bits per heavy atom. The van der Waals surface area contributed by atoms with Gasteiger partial charge < -0.3 is 14.8 Å². The monoisotopic (exact) mass is 392 g/mol. The first-order chi connectivity index (χ1) is 11.5. The van der Waals surface area contributed by atoms with E-state index in [2.05, 4.69) is 21.2 Å². The van der Waals surface area contributed by atoms with Crippen LogP contribution >= 0.6 is 15.9 Å². The summed E-state index contributed by atoms with van der Waals surface area (Å²) in [6.45, 7) is 1.00. The molecule has 0 amide bonds. The topological polar surface area (TPSA) is 90.7 Å². The molecular weight excluding hydrogens is 380 g/mol. The minimum absolute atomic E-state index is 0.0226. The Labute approximate surface area is 145 Å². The van der Waals surface area contributed by atoms with Crippen LogP contribution in [-0.4, -0.2) is 30.5 Å². The highest BCUT2D eigenvalue weighted by Gasteiger charge is 2.15. The van der Waals surface area contributed by atoms with E-state index in [1.54, 1.807) is 24.3 Å². The number of Topliss-reactive ketones (excluding diaryl/α,β-unsaturated/α-hetero) is 1.